The minimum atomic E-state index is -0.329. The number of ether oxygens (including phenoxy) is 1. The van der Waals surface area contributed by atoms with Gasteiger partial charge in [-0.2, -0.15) is 0 Å². The molecule has 0 fully saturated rings. The Morgan fingerprint density at radius 1 is 1.29 bits per heavy atom. The highest BCUT2D eigenvalue weighted by Gasteiger charge is 2.31. The number of amides is 1. The van der Waals surface area contributed by atoms with Crippen LogP contribution >= 0.6 is 0 Å². The molecule has 0 aliphatic heterocycles. The third-order valence-electron chi connectivity index (χ3n) is 5.58. The van der Waals surface area contributed by atoms with E-state index in [0.29, 0.717) is 19.4 Å². The first-order valence-corrected chi connectivity index (χ1v) is 10.3. The molecule has 28 heavy (non-hydrogen) atoms. The van der Waals surface area contributed by atoms with E-state index in [-0.39, 0.29) is 23.1 Å². The van der Waals surface area contributed by atoms with E-state index in [0.717, 1.165) is 47.2 Å². The van der Waals surface area contributed by atoms with Crippen LogP contribution in [-0.2, 0) is 11.2 Å². The molecule has 1 atom stereocenters. The Morgan fingerprint density at radius 3 is 2.68 bits per heavy atom. The monoisotopic (exact) mass is 384 g/mol. The third-order valence-corrected chi connectivity index (χ3v) is 5.58. The van der Waals surface area contributed by atoms with Gasteiger partial charge in [-0.05, 0) is 43.2 Å². The summed E-state index contributed by atoms with van der Waals surface area (Å²) < 4.78 is 7.51. The van der Waals surface area contributed by atoms with E-state index >= 15 is 0 Å². The quantitative estimate of drug-likeness (QED) is 0.787. The zero-order valence-electron chi connectivity index (χ0n) is 17.7. The number of benzene rings is 1. The first-order chi connectivity index (χ1) is 13.3. The number of nitrogens with one attached hydrogen (secondary N) is 1. The summed E-state index contributed by atoms with van der Waals surface area (Å²) >= 11 is 0. The van der Waals surface area contributed by atoms with Gasteiger partial charge in [0.05, 0.1) is 12.6 Å². The number of hydrogen-bond donors (Lipinski definition) is 1. The molecule has 1 aliphatic rings. The number of ketones is 1. The van der Waals surface area contributed by atoms with E-state index in [1.807, 2.05) is 25.1 Å². The van der Waals surface area contributed by atoms with Crippen molar-refractivity contribution in [1.82, 2.24) is 9.88 Å². The second-order valence-electron chi connectivity index (χ2n) is 8.88. The molecule has 3 rings (SSSR count). The van der Waals surface area contributed by atoms with Gasteiger partial charge in [0.1, 0.15) is 11.8 Å². The minimum Gasteiger partial charge on any atom is -0.497 e. The number of rotatable bonds is 6. The predicted octanol–water partition coefficient (Wildman–Crippen LogP) is 4.67. The van der Waals surface area contributed by atoms with Crippen LogP contribution < -0.4 is 10.1 Å². The molecule has 1 aliphatic carbocycles. The lowest BCUT2D eigenvalue weighted by Crippen LogP contribution is -2.35. The van der Waals surface area contributed by atoms with Gasteiger partial charge in [-0.25, -0.2) is 0 Å². The summed E-state index contributed by atoms with van der Waals surface area (Å²) in [5.41, 5.74) is 2.88. The van der Waals surface area contributed by atoms with Gasteiger partial charge in [0.25, 0.3) is 0 Å². The summed E-state index contributed by atoms with van der Waals surface area (Å²) in [5.74, 6) is 0.935. The molecule has 1 heterocycles. The van der Waals surface area contributed by atoms with Crippen LogP contribution in [0.2, 0.25) is 0 Å². The number of carbonyl (C=O) groups excluding carboxylic acids is 2. The SMILES string of the molecule is CCC(C(=O)NCCC(C)(C)C)n1c2c(c3ccc(OC)cc31)C(=O)CCC2. The maximum Gasteiger partial charge on any atom is 0.243 e. The highest BCUT2D eigenvalue weighted by molar-refractivity contribution is 6.10. The van der Waals surface area contributed by atoms with Crippen molar-refractivity contribution in [2.24, 2.45) is 5.41 Å². The van der Waals surface area contributed by atoms with Crippen LogP contribution in [0.4, 0.5) is 0 Å². The van der Waals surface area contributed by atoms with Crippen molar-refractivity contribution in [2.75, 3.05) is 13.7 Å². The third kappa shape index (κ3) is 3.94. The van der Waals surface area contributed by atoms with Crippen molar-refractivity contribution in [1.29, 1.82) is 0 Å². The molecule has 152 valence electrons. The summed E-state index contributed by atoms with van der Waals surface area (Å²) in [6.07, 6.45) is 3.83. The van der Waals surface area contributed by atoms with Crippen LogP contribution in [0, 0.1) is 5.41 Å². The average molecular weight is 385 g/mol. The Balaban J connectivity index is 2.04. The number of Topliss-reactive ketones (excluding diaryl/α,β-unsaturated/α-hetero) is 1. The summed E-state index contributed by atoms with van der Waals surface area (Å²) in [4.78, 5) is 25.8. The molecule has 1 amide bonds. The second-order valence-corrected chi connectivity index (χ2v) is 8.88. The topological polar surface area (TPSA) is 60.3 Å². The Morgan fingerprint density at radius 2 is 2.04 bits per heavy atom. The van der Waals surface area contributed by atoms with E-state index in [4.69, 9.17) is 4.74 Å². The van der Waals surface area contributed by atoms with Gasteiger partial charge in [0.2, 0.25) is 5.91 Å². The van der Waals surface area contributed by atoms with Crippen LogP contribution in [0.3, 0.4) is 0 Å². The fourth-order valence-electron chi connectivity index (χ4n) is 4.09. The van der Waals surface area contributed by atoms with Gasteiger partial charge < -0.3 is 14.6 Å². The number of aromatic nitrogens is 1. The molecule has 1 unspecified atom stereocenters. The van der Waals surface area contributed by atoms with Crippen LogP contribution in [-0.4, -0.2) is 29.9 Å². The smallest absolute Gasteiger partial charge is 0.243 e. The normalized spacial score (nSPS) is 15.4. The van der Waals surface area contributed by atoms with Crippen molar-refractivity contribution >= 4 is 22.6 Å². The molecule has 0 radical (unpaired) electrons. The Bertz CT molecular complexity index is 889. The fraction of sp³-hybridized carbons (Fsp3) is 0.565. The molecule has 0 spiro atoms. The summed E-state index contributed by atoms with van der Waals surface area (Å²) in [6.45, 7) is 9.19. The van der Waals surface area contributed by atoms with Gasteiger partial charge >= 0.3 is 0 Å². The van der Waals surface area contributed by atoms with Gasteiger partial charge in [-0.15, -0.1) is 0 Å². The lowest BCUT2D eigenvalue weighted by Gasteiger charge is -2.24. The molecule has 5 nitrogen and oxygen atoms in total. The molecule has 1 aromatic heterocycles. The van der Waals surface area contributed by atoms with Crippen molar-refractivity contribution in [3.63, 3.8) is 0 Å². The maximum absolute atomic E-state index is 13.1. The molecule has 2 aromatic rings. The molecule has 1 N–H and O–H groups in total. The van der Waals surface area contributed by atoms with Crippen molar-refractivity contribution < 1.29 is 14.3 Å². The summed E-state index contributed by atoms with van der Waals surface area (Å²) in [5, 5.41) is 4.05. The summed E-state index contributed by atoms with van der Waals surface area (Å²) in [7, 11) is 1.63. The van der Waals surface area contributed by atoms with Crippen LogP contribution in [0.25, 0.3) is 10.9 Å². The molecular formula is C23H32N2O3. The van der Waals surface area contributed by atoms with Crippen molar-refractivity contribution in [3.05, 3.63) is 29.5 Å². The predicted molar refractivity (Wildman–Crippen MR) is 112 cm³/mol. The van der Waals surface area contributed by atoms with Gasteiger partial charge in [0.15, 0.2) is 5.78 Å². The lowest BCUT2D eigenvalue weighted by molar-refractivity contribution is -0.124. The molecule has 1 aromatic carbocycles. The number of nitrogens with zero attached hydrogens (tertiary/aromatic N) is 1. The van der Waals surface area contributed by atoms with E-state index in [1.54, 1.807) is 7.11 Å². The highest BCUT2D eigenvalue weighted by Crippen LogP contribution is 2.37. The van der Waals surface area contributed by atoms with E-state index < -0.39 is 0 Å². The zero-order valence-corrected chi connectivity index (χ0v) is 17.7. The fourth-order valence-corrected chi connectivity index (χ4v) is 4.09. The number of methoxy groups -OCH3 is 1. The summed E-state index contributed by atoms with van der Waals surface area (Å²) in [6, 6.07) is 5.46. The highest BCUT2D eigenvalue weighted by atomic mass is 16.5. The Hall–Kier alpha value is -2.30. The van der Waals surface area contributed by atoms with Gasteiger partial charge in [-0.1, -0.05) is 27.7 Å². The molecule has 0 bridgehead atoms. The lowest BCUT2D eigenvalue weighted by atomic mass is 9.92. The zero-order chi connectivity index (χ0) is 20.5. The average Bonchev–Trinajstić information content (AvgIpc) is 2.96. The van der Waals surface area contributed by atoms with Crippen LogP contribution in [0.15, 0.2) is 18.2 Å². The molecule has 5 heteroatoms. The van der Waals surface area contributed by atoms with Gasteiger partial charge in [-0.3, -0.25) is 9.59 Å². The van der Waals surface area contributed by atoms with E-state index in [9.17, 15) is 9.59 Å². The van der Waals surface area contributed by atoms with Crippen LogP contribution in [0.1, 0.15) is 75.5 Å². The Kier molecular flexibility index (Phi) is 5.82. The minimum absolute atomic E-state index is 0.0206. The number of fused-ring (bicyclic) bond motifs is 3. The first kappa shape index (κ1) is 20.4. The standard InChI is InChI=1S/C23H32N2O3/c1-6-17(22(27)24-13-12-23(2,3)4)25-18-8-7-9-20(26)21(18)16-11-10-15(28-5)14-19(16)25/h10-11,14,17H,6-9,12-13H2,1-5H3,(H,24,27). The maximum atomic E-state index is 13.1. The van der Waals surface area contributed by atoms with Crippen LogP contribution in [0.5, 0.6) is 5.75 Å². The molecule has 0 saturated heterocycles. The van der Waals surface area contributed by atoms with Crippen molar-refractivity contribution in [2.45, 2.75) is 65.8 Å². The number of hydrogen-bond acceptors (Lipinski definition) is 3. The largest absolute Gasteiger partial charge is 0.497 e. The van der Waals surface area contributed by atoms with E-state index in [2.05, 4.69) is 30.7 Å². The first-order valence-electron chi connectivity index (χ1n) is 10.3. The van der Waals surface area contributed by atoms with Crippen molar-refractivity contribution in [3.8, 4) is 5.75 Å². The number of carbonyl (C=O) groups is 2. The van der Waals surface area contributed by atoms with E-state index in [1.165, 1.54) is 0 Å². The molecule has 0 saturated carbocycles. The Labute approximate surface area is 167 Å². The molecular weight excluding hydrogens is 352 g/mol. The van der Waals surface area contributed by atoms with Gasteiger partial charge in [0, 0.05) is 35.7 Å². The second kappa shape index (κ2) is 7.98.